The minimum Gasteiger partial charge on any atom is -0.473 e. The van der Waals surface area contributed by atoms with Crippen LogP contribution in [-0.4, -0.2) is 41.1 Å². The van der Waals surface area contributed by atoms with Crippen LogP contribution in [0.1, 0.15) is 12.8 Å². The molecule has 1 aliphatic rings. The number of hydrogen-bond acceptors (Lipinski definition) is 4. The summed E-state index contributed by atoms with van der Waals surface area (Å²) in [4.78, 5) is 10.4. The molecule has 1 aliphatic heterocycles. The molecule has 0 unspecified atom stereocenters. The monoisotopic (exact) mass is 193 g/mol. The Balaban J connectivity index is 1.87. The maximum atomic E-state index is 5.70. The van der Waals surface area contributed by atoms with Crippen molar-refractivity contribution < 1.29 is 4.74 Å². The molecule has 4 heteroatoms. The lowest BCUT2D eigenvalue weighted by Gasteiger charge is -2.28. The zero-order valence-corrected chi connectivity index (χ0v) is 8.39. The van der Waals surface area contributed by atoms with Gasteiger partial charge in [0.25, 0.3) is 0 Å². The molecule has 2 heterocycles. The van der Waals surface area contributed by atoms with Gasteiger partial charge in [0.05, 0.1) is 6.20 Å². The van der Waals surface area contributed by atoms with Crippen LogP contribution in [0.15, 0.2) is 18.6 Å². The van der Waals surface area contributed by atoms with Crippen LogP contribution >= 0.6 is 0 Å². The van der Waals surface area contributed by atoms with Gasteiger partial charge in [-0.15, -0.1) is 0 Å². The van der Waals surface area contributed by atoms with Crippen LogP contribution in [0, 0.1) is 0 Å². The average molecular weight is 193 g/mol. The minimum atomic E-state index is 0.308. The van der Waals surface area contributed by atoms with Crippen LogP contribution < -0.4 is 4.74 Å². The Morgan fingerprint density at radius 2 is 2.14 bits per heavy atom. The van der Waals surface area contributed by atoms with E-state index in [2.05, 4.69) is 21.9 Å². The van der Waals surface area contributed by atoms with Gasteiger partial charge in [-0.1, -0.05) is 0 Å². The average Bonchev–Trinajstić information content (AvgIpc) is 2.23. The molecule has 0 N–H and O–H groups in total. The van der Waals surface area contributed by atoms with Gasteiger partial charge in [0.1, 0.15) is 6.10 Å². The fourth-order valence-corrected chi connectivity index (χ4v) is 1.62. The summed E-state index contributed by atoms with van der Waals surface area (Å²) in [7, 11) is 2.14. The summed E-state index contributed by atoms with van der Waals surface area (Å²) in [5, 5.41) is 0. The van der Waals surface area contributed by atoms with Crippen LogP contribution in [-0.2, 0) is 0 Å². The highest BCUT2D eigenvalue weighted by molar-refractivity contribution is 5.02. The number of aromatic nitrogens is 2. The van der Waals surface area contributed by atoms with Crippen molar-refractivity contribution in [1.29, 1.82) is 0 Å². The molecule has 4 nitrogen and oxygen atoms in total. The zero-order valence-electron chi connectivity index (χ0n) is 8.39. The third-order valence-corrected chi connectivity index (χ3v) is 2.49. The number of nitrogens with zero attached hydrogens (tertiary/aromatic N) is 3. The first-order chi connectivity index (χ1) is 6.84. The molecule has 1 aromatic rings. The Morgan fingerprint density at radius 3 is 2.79 bits per heavy atom. The fourth-order valence-electron chi connectivity index (χ4n) is 1.62. The van der Waals surface area contributed by atoms with Crippen molar-refractivity contribution in [3.63, 3.8) is 0 Å². The van der Waals surface area contributed by atoms with Crippen molar-refractivity contribution in [3.8, 4) is 5.88 Å². The van der Waals surface area contributed by atoms with E-state index in [0.29, 0.717) is 12.0 Å². The van der Waals surface area contributed by atoms with Crippen LogP contribution in [0.25, 0.3) is 0 Å². The smallest absolute Gasteiger partial charge is 0.232 e. The quantitative estimate of drug-likeness (QED) is 0.701. The first-order valence-electron chi connectivity index (χ1n) is 4.96. The van der Waals surface area contributed by atoms with E-state index in [9.17, 15) is 0 Å². The number of ether oxygens (including phenoxy) is 1. The molecule has 2 rings (SSSR count). The molecule has 0 spiro atoms. The van der Waals surface area contributed by atoms with E-state index in [1.54, 1.807) is 18.6 Å². The summed E-state index contributed by atoms with van der Waals surface area (Å²) in [5.74, 6) is 0.641. The van der Waals surface area contributed by atoms with Gasteiger partial charge in [-0.05, 0) is 19.9 Å². The van der Waals surface area contributed by atoms with Crippen molar-refractivity contribution in [2.45, 2.75) is 18.9 Å². The van der Waals surface area contributed by atoms with Crippen molar-refractivity contribution in [1.82, 2.24) is 14.9 Å². The predicted molar refractivity (Wildman–Crippen MR) is 53.2 cm³/mol. The summed E-state index contributed by atoms with van der Waals surface area (Å²) in [6, 6.07) is 0. The molecule has 0 bridgehead atoms. The predicted octanol–water partition coefficient (Wildman–Crippen LogP) is 0.950. The van der Waals surface area contributed by atoms with Gasteiger partial charge in [0.2, 0.25) is 5.88 Å². The molecule has 0 aliphatic carbocycles. The summed E-state index contributed by atoms with van der Waals surface area (Å²) < 4.78 is 5.70. The van der Waals surface area contributed by atoms with E-state index >= 15 is 0 Å². The van der Waals surface area contributed by atoms with Crippen molar-refractivity contribution in [2.24, 2.45) is 0 Å². The normalized spacial score (nSPS) is 19.5. The lowest BCUT2D eigenvalue weighted by atomic mass is 10.1. The summed E-state index contributed by atoms with van der Waals surface area (Å²) in [6.07, 6.45) is 7.44. The topological polar surface area (TPSA) is 38.2 Å². The fraction of sp³-hybridized carbons (Fsp3) is 0.600. The Hall–Kier alpha value is -1.16. The maximum Gasteiger partial charge on any atom is 0.232 e. The van der Waals surface area contributed by atoms with Crippen molar-refractivity contribution in [3.05, 3.63) is 18.6 Å². The summed E-state index contributed by atoms with van der Waals surface area (Å²) in [5.41, 5.74) is 0. The molecule has 0 amide bonds. The van der Waals surface area contributed by atoms with Gasteiger partial charge in [0.15, 0.2) is 0 Å². The van der Waals surface area contributed by atoms with Gasteiger partial charge in [-0.3, -0.25) is 4.98 Å². The molecular weight excluding hydrogens is 178 g/mol. The van der Waals surface area contributed by atoms with E-state index in [-0.39, 0.29) is 0 Å². The molecular formula is C10H15N3O. The standard InChI is InChI=1S/C10H15N3O/c1-13-6-2-9(3-7-13)14-10-8-11-4-5-12-10/h4-5,8-9H,2-3,6-7H2,1H3. The third kappa shape index (κ3) is 2.42. The number of hydrogen-bond donors (Lipinski definition) is 0. The van der Waals surface area contributed by atoms with Gasteiger partial charge in [-0.2, -0.15) is 0 Å². The Bertz CT molecular complexity index is 270. The highest BCUT2D eigenvalue weighted by atomic mass is 16.5. The van der Waals surface area contributed by atoms with E-state index in [1.165, 1.54) is 0 Å². The molecule has 0 saturated carbocycles. The molecule has 1 aromatic heterocycles. The first-order valence-corrected chi connectivity index (χ1v) is 4.96. The SMILES string of the molecule is CN1CCC(Oc2cnccn2)CC1. The lowest BCUT2D eigenvalue weighted by molar-refractivity contribution is 0.109. The van der Waals surface area contributed by atoms with E-state index < -0.39 is 0 Å². The van der Waals surface area contributed by atoms with Gasteiger partial charge < -0.3 is 9.64 Å². The molecule has 0 radical (unpaired) electrons. The Morgan fingerprint density at radius 1 is 1.36 bits per heavy atom. The zero-order chi connectivity index (χ0) is 9.80. The largest absolute Gasteiger partial charge is 0.473 e. The van der Waals surface area contributed by atoms with E-state index in [0.717, 1.165) is 25.9 Å². The molecule has 14 heavy (non-hydrogen) atoms. The number of likely N-dealkylation sites (tertiary alicyclic amines) is 1. The van der Waals surface area contributed by atoms with Gasteiger partial charge >= 0.3 is 0 Å². The number of piperidine rings is 1. The second-order valence-electron chi connectivity index (χ2n) is 3.66. The Kier molecular flexibility index (Phi) is 2.93. The van der Waals surface area contributed by atoms with Gasteiger partial charge in [0, 0.05) is 25.5 Å². The highest BCUT2D eigenvalue weighted by Crippen LogP contribution is 2.14. The third-order valence-electron chi connectivity index (χ3n) is 2.49. The minimum absolute atomic E-state index is 0.308. The highest BCUT2D eigenvalue weighted by Gasteiger charge is 2.18. The van der Waals surface area contributed by atoms with Crippen molar-refractivity contribution >= 4 is 0 Å². The summed E-state index contributed by atoms with van der Waals surface area (Å²) in [6.45, 7) is 2.20. The maximum absolute atomic E-state index is 5.70. The second kappa shape index (κ2) is 4.37. The van der Waals surface area contributed by atoms with E-state index in [4.69, 9.17) is 4.74 Å². The van der Waals surface area contributed by atoms with E-state index in [1.807, 2.05) is 0 Å². The second-order valence-corrected chi connectivity index (χ2v) is 3.66. The lowest BCUT2D eigenvalue weighted by Crippen LogP contribution is -2.35. The van der Waals surface area contributed by atoms with Crippen LogP contribution in [0.3, 0.4) is 0 Å². The number of rotatable bonds is 2. The van der Waals surface area contributed by atoms with Crippen molar-refractivity contribution in [2.75, 3.05) is 20.1 Å². The summed E-state index contributed by atoms with van der Waals surface area (Å²) >= 11 is 0. The molecule has 0 aromatic carbocycles. The molecule has 1 fully saturated rings. The molecule has 0 atom stereocenters. The van der Waals surface area contributed by atoms with Crippen LogP contribution in [0.5, 0.6) is 5.88 Å². The van der Waals surface area contributed by atoms with Crippen LogP contribution in [0.4, 0.5) is 0 Å². The first kappa shape index (κ1) is 9.40. The molecule has 1 saturated heterocycles. The molecule has 76 valence electrons. The Labute approximate surface area is 83.9 Å². The van der Waals surface area contributed by atoms with Crippen LogP contribution in [0.2, 0.25) is 0 Å². The van der Waals surface area contributed by atoms with Gasteiger partial charge in [-0.25, -0.2) is 4.98 Å².